The van der Waals surface area contributed by atoms with Crippen LogP contribution in [0, 0.1) is 0 Å². The predicted molar refractivity (Wildman–Crippen MR) is 114 cm³/mol. The molecule has 0 aliphatic rings. The van der Waals surface area contributed by atoms with Crippen LogP contribution in [0.25, 0.3) is 21.8 Å². The molecule has 28 heavy (non-hydrogen) atoms. The maximum atomic E-state index is 11.4. The number of benzene rings is 3. The molecule has 4 heteroatoms. The number of nitrogens with zero attached hydrogens (tertiary/aromatic N) is 2. The van der Waals surface area contributed by atoms with Gasteiger partial charge in [-0.2, -0.15) is 0 Å². The molecule has 0 unspecified atom stereocenters. The van der Waals surface area contributed by atoms with E-state index in [1.165, 1.54) is 16.3 Å². The van der Waals surface area contributed by atoms with E-state index in [0.717, 1.165) is 36.2 Å². The molecule has 1 aromatic heterocycles. The van der Waals surface area contributed by atoms with Crippen molar-refractivity contribution in [3.63, 3.8) is 0 Å². The molecule has 0 saturated heterocycles. The number of aromatic nitrogens is 2. The summed E-state index contributed by atoms with van der Waals surface area (Å²) < 4.78 is 2.31. The molecule has 4 rings (SSSR count). The smallest absolute Gasteiger partial charge is 0.219 e. The Labute approximate surface area is 165 Å². The third kappa shape index (κ3) is 3.91. The van der Waals surface area contributed by atoms with Crippen molar-refractivity contribution in [1.82, 2.24) is 14.9 Å². The minimum atomic E-state index is 0.102. The van der Waals surface area contributed by atoms with Crippen LogP contribution < -0.4 is 5.32 Å². The van der Waals surface area contributed by atoms with Gasteiger partial charge in [0.05, 0.1) is 11.0 Å². The predicted octanol–water partition coefficient (Wildman–Crippen LogP) is 4.70. The number of para-hydroxylation sites is 2. The van der Waals surface area contributed by atoms with Gasteiger partial charge in [-0.15, -0.1) is 0 Å². The van der Waals surface area contributed by atoms with Crippen LogP contribution in [0.3, 0.4) is 0 Å². The van der Waals surface area contributed by atoms with E-state index in [-0.39, 0.29) is 5.91 Å². The van der Waals surface area contributed by atoms with Gasteiger partial charge in [0.15, 0.2) is 0 Å². The minimum Gasteiger partial charge on any atom is -0.356 e. The molecule has 3 aromatic carbocycles. The third-order valence-corrected chi connectivity index (χ3v) is 5.11. The lowest BCUT2D eigenvalue weighted by atomic mass is 10.1. The van der Waals surface area contributed by atoms with Gasteiger partial charge in [0.1, 0.15) is 5.82 Å². The number of hydrogen-bond acceptors (Lipinski definition) is 2. The number of imidazole rings is 1. The molecule has 0 aliphatic carbocycles. The lowest BCUT2D eigenvalue weighted by molar-refractivity contribution is -0.120. The zero-order valence-corrected chi connectivity index (χ0v) is 16.2. The van der Waals surface area contributed by atoms with Crippen molar-refractivity contribution in [3.05, 3.63) is 78.1 Å². The van der Waals surface area contributed by atoms with E-state index in [1.807, 2.05) is 13.0 Å². The standard InChI is InChI=1S/C24H25N3O/c1-2-24(28)25-15-7-12-23-26-21-10-5-6-11-22(21)27(23)17-18-13-14-19-8-3-4-9-20(19)16-18/h3-6,8-11,13-14,16H,2,7,12,15,17H2,1H3,(H,25,28). The largest absolute Gasteiger partial charge is 0.356 e. The van der Waals surface area contributed by atoms with Crippen LogP contribution in [-0.2, 0) is 17.8 Å². The summed E-state index contributed by atoms with van der Waals surface area (Å²) in [6, 6.07) is 23.4. The molecule has 0 bridgehead atoms. The first-order valence-electron chi connectivity index (χ1n) is 9.93. The number of hydrogen-bond donors (Lipinski definition) is 1. The van der Waals surface area contributed by atoms with Crippen molar-refractivity contribution in [2.75, 3.05) is 6.54 Å². The van der Waals surface area contributed by atoms with Gasteiger partial charge >= 0.3 is 0 Å². The molecule has 0 atom stereocenters. The number of aryl methyl sites for hydroxylation is 1. The lowest BCUT2D eigenvalue weighted by Gasteiger charge is -2.11. The Hall–Kier alpha value is -3.14. The number of amides is 1. The molecule has 1 N–H and O–H groups in total. The molecule has 142 valence electrons. The van der Waals surface area contributed by atoms with Gasteiger partial charge in [-0.3, -0.25) is 4.79 Å². The van der Waals surface area contributed by atoms with Crippen LogP contribution in [0.2, 0.25) is 0 Å². The Morgan fingerprint density at radius 3 is 2.64 bits per heavy atom. The second-order valence-corrected chi connectivity index (χ2v) is 7.09. The van der Waals surface area contributed by atoms with E-state index >= 15 is 0 Å². The molecule has 4 aromatic rings. The summed E-state index contributed by atoms with van der Waals surface area (Å²) in [5.74, 6) is 1.17. The van der Waals surface area contributed by atoms with E-state index in [2.05, 4.69) is 70.5 Å². The maximum Gasteiger partial charge on any atom is 0.219 e. The average molecular weight is 371 g/mol. The summed E-state index contributed by atoms with van der Waals surface area (Å²) >= 11 is 0. The molecule has 0 aliphatic heterocycles. The highest BCUT2D eigenvalue weighted by molar-refractivity contribution is 5.83. The quantitative estimate of drug-likeness (QED) is 0.479. The van der Waals surface area contributed by atoms with Crippen LogP contribution >= 0.6 is 0 Å². The van der Waals surface area contributed by atoms with Gasteiger partial charge in [-0.1, -0.05) is 55.5 Å². The number of rotatable bonds is 7. The third-order valence-electron chi connectivity index (χ3n) is 5.11. The summed E-state index contributed by atoms with van der Waals surface area (Å²) in [6.45, 7) is 3.35. The minimum absolute atomic E-state index is 0.102. The normalized spacial score (nSPS) is 11.2. The Balaban J connectivity index is 1.59. The summed E-state index contributed by atoms with van der Waals surface area (Å²) in [5.41, 5.74) is 3.45. The van der Waals surface area contributed by atoms with Crippen LogP contribution in [0.1, 0.15) is 31.2 Å². The van der Waals surface area contributed by atoms with Gasteiger partial charge in [0.25, 0.3) is 0 Å². The molecule has 0 saturated carbocycles. The topological polar surface area (TPSA) is 46.9 Å². The van der Waals surface area contributed by atoms with Crippen LogP contribution in [0.15, 0.2) is 66.7 Å². The second kappa shape index (κ2) is 8.26. The number of fused-ring (bicyclic) bond motifs is 2. The summed E-state index contributed by atoms with van der Waals surface area (Å²) in [4.78, 5) is 16.3. The molecule has 4 nitrogen and oxygen atoms in total. The van der Waals surface area contributed by atoms with Crippen molar-refractivity contribution in [3.8, 4) is 0 Å². The van der Waals surface area contributed by atoms with Crippen molar-refractivity contribution < 1.29 is 4.79 Å². The Kier molecular flexibility index (Phi) is 5.38. The monoisotopic (exact) mass is 371 g/mol. The number of carbonyl (C=O) groups excluding carboxylic acids is 1. The first kappa shape index (κ1) is 18.2. The molecule has 0 radical (unpaired) electrons. The highest BCUT2D eigenvalue weighted by Gasteiger charge is 2.11. The molecule has 1 heterocycles. The van der Waals surface area contributed by atoms with E-state index < -0.39 is 0 Å². The maximum absolute atomic E-state index is 11.4. The second-order valence-electron chi connectivity index (χ2n) is 7.09. The molecule has 1 amide bonds. The van der Waals surface area contributed by atoms with Gasteiger partial charge < -0.3 is 9.88 Å². The van der Waals surface area contributed by atoms with Crippen molar-refractivity contribution >= 4 is 27.7 Å². The number of carbonyl (C=O) groups is 1. The van der Waals surface area contributed by atoms with Gasteiger partial charge in [-0.25, -0.2) is 4.98 Å². The summed E-state index contributed by atoms with van der Waals surface area (Å²) in [6.07, 6.45) is 2.25. The van der Waals surface area contributed by atoms with E-state index in [4.69, 9.17) is 4.98 Å². The molecule has 0 spiro atoms. The zero-order valence-electron chi connectivity index (χ0n) is 16.2. The molecular weight excluding hydrogens is 346 g/mol. The van der Waals surface area contributed by atoms with Gasteiger partial charge in [0, 0.05) is 25.9 Å². The molecular formula is C24H25N3O. The van der Waals surface area contributed by atoms with E-state index in [9.17, 15) is 4.79 Å². The first-order valence-corrected chi connectivity index (χ1v) is 9.93. The van der Waals surface area contributed by atoms with Gasteiger partial charge in [0.2, 0.25) is 5.91 Å². The van der Waals surface area contributed by atoms with E-state index in [0.29, 0.717) is 13.0 Å². The van der Waals surface area contributed by atoms with Crippen molar-refractivity contribution in [1.29, 1.82) is 0 Å². The SMILES string of the molecule is CCC(=O)NCCCc1nc2ccccc2n1Cc1ccc2ccccc2c1. The van der Waals surface area contributed by atoms with E-state index in [1.54, 1.807) is 0 Å². The zero-order chi connectivity index (χ0) is 19.3. The van der Waals surface area contributed by atoms with Crippen LogP contribution in [0.5, 0.6) is 0 Å². The van der Waals surface area contributed by atoms with Crippen molar-refractivity contribution in [2.45, 2.75) is 32.7 Å². The summed E-state index contributed by atoms with van der Waals surface area (Å²) in [5, 5.41) is 5.47. The highest BCUT2D eigenvalue weighted by atomic mass is 16.1. The van der Waals surface area contributed by atoms with Crippen LogP contribution in [0.4, 0.5) is 0 Å². The highest BCUT2D eigenvalue weighted by Crippen LogP contribution is 2.21. The Bertz CT molecular complexity index is 1110. The first-order chi connectivity index (χ1) is 13.7. The summed E-state index contributed by atoms with van der Waals surface area (Å²) in [7, 11) is 0. The van der Waals surface area contributed by atoms with Crippen molar-refractivity contribution in [2.24, 2.45) is 0 Å². The van der Waals surface area contributed by atoms with Gasteiger partial charge in [-0.05, 0) is 41.0 Å². The fourth-order valence-electron chi connectivity index (χ4n) is 3.61. The average Bonchev–Trinajstić information content (AvgIpc) is 3.08. The lowest BCUT2D eigenvalue weighted by Crippen LogP contribution is -2.23. The number of nitrogens with one attached hydrogen (secondary N) is 1. The Morgan fingerprint density at radius 1 is 1.00 bits per heavy atom. The fourth-order valence-corrected chi connectivity index (χ4v) is 3.61. The molecule has 0 fully saturated rings. The van der Waals surface area contributed by atoms with Crippen LogP contribution in [-0.4, -0.2) is 22.0 Å². The Morgan fingerprint density at radius 2 is 1.79 bits per heavy atom. The fraction of sp³-hybridized carbons (Fsp3) is 0.250.